The third-order valence-electron chi connectivity index (χ3n) is 6.86. The Bertz CT molecular complexity index is 417. The third-order valence-corrected chi connectivity index (χ3v) is 6.86. The van der Waals surface area contributed by atoms with Gasteiger partial charge in [0.05, 0.1) is 185 Å². The SMILES string of the molecule is C1CCOC1.C1CCOC1.C1COCCO1.C1COCCOCCOCCOCCOCCO1.C1COCCOCCOCCOCCOCCO1.[Na+].[Na+]. The van der Waals surface area contributed by atoms with Gasteiger partial charge in [0.1, 0.15) is 0 Å². The second kappa shape index (κ2) is 54.4. The van der Waals surface area contributed by atoms with E-state index in [1.807, 2.05) is 0 Å². The van der Waals surface area contributed by atoms with Gasteiger partial charge in [-0.15, -0.1) is 0 Å². The van der Waals surface area contributed by atoms with Crippen LogP contribution in [0, 0.1) is 0 Å². The van der Waals surface area contributed by atoms with E-state index in [1.54, 1.807) is 0 Å². The minimum atomic E-state index is 0. The van der Waals surface area contributed by atoms with Crippen LogP contribution in [0.1, 0.15) is 25.7 Å². The van der Waals surface area contributed by atoms with Crippen molar-refractivity contribution in [1.82, 2.24) is 0 Å². The Morgan fingerprint density at radius 1 is 0.111 bits per heavy atom. The third kappa shape index (κ3) is 51.4. The molecule has 0 amide bonds. The van der Waals surface area contributed by atoms with Crippen LogP contribution >= 0.6 is 0 Å². The number of hydrogen-bond acceptors (Lipinski definition) is 16. The molecule has 5 saturated heterocycles. The van der Waals surface area contributed by atoms with E-state index in [0.717, 1.165) is 52.9 Å². The van der Waals surface area contributed by atoms with E-state index >= 15 is 0 Å². The summed E-state index contributed by atoms with van der Waals surface area (Å²) in [5, 5.41) is 0. The standard InChI is InChI=1S/2C12H24O6.C4H8O2.2C4H8O.2Na/c2*1-2-14-5-6-16-9-10-18-12-11-17-8-7-15-4-3-13-1;1-2-6-4-3-5-1;2*1-2-4-5-3-1;;/h2*1-12H2;1-4H2;2*1-4H2;;/q;;;;;2*+1. The Morgan fingerprint density at radius 3 is 0.241 bits per heavy atom. The molecule has 0 aromatic rings. The second-order valence-corrected chi connectivity index (χ2v) is 11.2. The molecule has 0 radical (unpaired) electrons. The number of hydrogen-bond donors (Lipinski definition) is 0. The summed E-state index contributed by atoms with van der Waals surface area (Å²) < 4.78 is 83.7. The molecule has 0 saturated carbocycles. The van der Waals surface area contributed by atoms with Gasteiger partial charge in [0.25, 0.3) is 0 Å². The molecular formula is C36H72Na2O16+2. The van der Waals surface area contributed by atoms with Gasteiger partial charge in [0, 0.05) is 26.4 Å². The second-order valence-electron chi connectivity index (χ2n) is 11.2. The maximum atomic E-state index is 5.33. The van der Waals surface area contributed by atoms with E-state index in [2.05, 4.69) is 0 Å². The Balaban J connectivity index is 0. The van der Waals surface area contributed by atoms with Crippen LogP contribution in [-0.4, -0.2) is 211 Å². The molecule has 0 N–H and O–H groups in total. The Kier molecular flexibility index (Phi) is 57.8. The molecule has 16 nitrogen and oxygen atoms in total. The maximum absolute atomic E-state index is 5.33. The van der Waals surface area contributed by atoms with Crippen molar-refractivity contribution in [2.45, 2.75) is 25.7 Å². The first-order chi connectivity index (χ1) is 26.0. The van der Waals surface area contributed by atoms with Crippen molar-refractivity contribution >= 4 is 0 Å². The summed E-state index contributed by atoms with van der Waals surface area (Å²) in [6.45, 7) is 21.2. The Morgan fingerprint density at radius 2 is 0.185 bits per heavy atom. The zero-order chi connectivity index (χ0) is 36.8. The van der Waals surface area contributed by atoms with Crippen LogP contribution in [0.2, 0.25) is 0 Å². The van der Waals surface area contributed by atoms with E-state index in [4.69, 9.17) is 75.8 Å². The minimum absolute atomic E-state index is 0. The normalized spacial score (nSPS) is 23.1. The summed E-state index contributed by atoms with van der Waals surface area (Å²) in [6.07, 6.45) is 5.11. The van der Waals surface area contributed by atoms with Crippen molar-refractivity contribution in [2.24, 2.45) is 0 Å². The molecule has 0 aliphatic carbocycles. The molecule has 5 fully saturated rings. The average Bonchev–Trinajstić information content (AvgIpc) is 3.97. The van der Waals surface area contributed by atoms with Gasteiger partial charge in [-0.05, 0) is 25.7 Å². The van der Waals surface area contributed by atoms with Crippen molar-refractivity contribution in [1.29, 1.82) is 0 Å². The zero-order valence-corrected chi connectivity index (χ0v) is 38.0. The molecule has 54 heavy (non-hydrogen) atoms. The van der Waals surface area contributed by atoms with Gasteiger partial charge in [-0.25, -0.2) is 0 Å². The van der Waals surface area contributed by atoms with Gasteiger partial charge in [0.15, 0.2) is 0 Å². The number of rotatable bonds is 0. The monoisotopic (exact) mass is 806 g/mol. The van der Waals surface area contributed by atoms with Crippen LogP contribution in [0.3, 0.4) is 0 Å². The van der Waals surface area contributed by atoms with Crippen molar-refractivity contribution in [2.75, 3.05) is 211 Å². The van der Waals surface area contributed by atoms with Crippen LogP contribution < -0.4 is 59.1 Å². The predicted octanol–water partition coefficient (Wildman–Crippen LogP) is -4.17. The van der Waals surface area contributed by atoms with Crippen LogP contribution in [0.5, 0.6) is 0 Å². The van der Waals surface area contributed by atoms with Gasteiger partial charge in [-0.1, -0.05) is 0 Å². The fraction of sp³-hybridized carbons (Fsp3) is 1.00. The minimum Gasteiger partial charge on any atom is -0.381 e. The summed E-state index contributed by atoms with van der Waals surface area (Å²) in [7, 11) is 0. The topological polar surface area (TPSA) is 148 Å². The summed E-state index contributed by atoms with van der Waals surface area (Å²) in [6, 6.07) is 0. The molecule has 0 aromatic carbocycles. The van der Waals surface area contributed by atoms with Crippen LogP contribution in [0.4, 0.5) is 0 Å². The van der Waals surface area contributed by atoms with Gasteiger partial charge < -0.3 is 75.8 Å². The first kappa shape index (κ1) is 57.5. The maximum Gasteiger partial charge on any atom is 1.00 e. The molecule has 5 aliphatic rings. The Hall–Kier alpha value is 1.36. The summed E-state index contributed by atoms with van der Waals surface area (Å²) >= 11 is 0. The molecule has 18 heteroatoms. The quantitative estimate of drug-likeness (QED) is 0.218. The van der Waals surface area contributed by atoms with Crippen LogP contribution in [-0.2, 0) is 75.8 Å². The van der Waals surface area contributed by atoms with Crippen molar-refractivity contribution in [3.8, 4) is 0 Å². The zero-order valence-electron chi connectivity index (χ0n) is 34.0. The first-order valence-corrected chi connectivity index (χ1v) is 19.2. The molecule has 0 bridgehead atoms. The van der Waals surface area contributed by atoms with Gasteiger partial charge >= 0.3 is 59.1 Å². The summed E-state index contributed by atoms with van der Waals surface area (Å²) in [5.41, 5.74) is 0. The van der Waals surface area contributed by atoms with E-state index < -0.39 is 0 Å². The molecule has 0 atom stereocenters. The van der Waals surface area contributed by atoms with Crippen LogP contribution in [0.15, 0.2) is 0 Å². The Labute approximate surface area is 369 Å². The van der Waals surface area contributed by atoms with Crippen molar-refractivity contribution in [3.05, 3.63) is 0 Å². The molecule has 5 aliphatic heterocycles. The first-order valence-electron chi connectivity index (χ1n) is 19.2. The fourth-order valence-corrected chi connectivity index (χ4v) is 4.10. The van der Waals surface area contributed by atoms with Crippen molar-refractivity contribution < 1.29 is 135 Å². The van der Waals surface area contributed by atoms with Crippen LogP contribution in [0.25, 0.3) is 0 Å². The fourth-order valence-electron chi connectivity index (χ4n) is 4.10. The van der Waals surface area contributed by atoms with Gasteiger partial charge in [0.2, 0.25) is 0 Å². The molecule has 0 unspecified atom stereocenters. The van der Waals surface area contributed by atoms with Crippen molar-refractivity contribution in [3.63, 3.8) is 0 Å². The molecular weight excluding hydrogens is 734 g/mol. The summed E-state index contributed by atoms with van der Waals surface area (Å²) in [4.78, 5) is 0. The molecule has 0 spiro atoms. The molecule has 5 heterocycles. The summed E-state index contributed by atoms with van der Waals surface area (Å²) in [5.74, 6) is 0. The average molecular weight is 807 g/mol. The van der Waals surface area contributed by atoms with E-state index in [0.29, 0.717) is 159 Å². The van der Waals surface area contributed by atoms with E-state index in [9.17, 15) is 0 Å². The molecule has 5 rings (SSSR count). The van der Waals surface area contributed by atoms with Gasteiger partial charge in [-0.2, -0.15) is 0 Å². The predicted molar refractivity (Wildman–Crippen MR) is 192 cm³/mol. The number of ether oxygens (including phenoxy) is 16. The van der Waals surface area contributed by atoms with E-state index in [-0.39, 0.29) is 59.1 Å². The van der Waals surface area contributed by atoms with Gasteiger partial charge in [-0.3, -0.25) is 0 Å². The molecule has 312 valence electrons. The largest absolute Gasteiger partial charge is 1.00 e. The van der Waals surface area contributed by atoms with E-state index in [1.165, 1.54) is 25.7 Å². The smallest absolute Gasteiger partial charge is 0.381 e. The molecule has 0 aromatic heterocycles.